The van der Waals surface area contributed by atoms with E-state index in [2.05, 4.69) is 11.2 Å². The highest BCUT2D eigenvalue weighted by atomic mass is 32.2. The quantitative estimate of drug-likeness (QED) is 0.439. The van der Waals surface area contributed by atoms with Crippen molar-refractivity contribution < 1.29 is 14.3 Å². The van der Waals surface area contributed by atoms with Crippen molar-refractivity contribution in [1.82, 2.24) is 19.7 Å². The number of benzene rings is 2. The number of carbonyl (C=O) groups excluding carboxylic acids is 2. The molecule has 0 fully saturated rings. The van der Waals surface area contributed by atoms with Crippen LogP contribution in [0.15, 0.2) is 59.8 Å². The lowest BCUT2D eigenvalue weighted by atomic mass is 10.0. The molecule has 2 aliphatic rings. The molecule has 6 rings (SSSR count). The number of pyridine rings is 1. The van der Waals surface area contributed by atoms with Gasteiger partial charge in [0, 0.05) is 54.2 Å². The zero-order valence-corrected chi connectivity index (χ0v) is 20.2. The third kappa shape index (κ3) is 4.08. The van der Waals surface area contributed by atoms with Crippen molar-refractivity contribution >= 4 is 34.4 Å². The Morgan fingerprint density at radius 2 is 1.94 bits per heavy atom. The molecular formula is C27H24N4O3S. The first-order valence-electron chi connectivity index (χ1n) is 11.7. The number of hydrogen-bond donors (Lipinski definition) is 0. The van der Waals surface area contributed by atoms with Gasteiger partial charge >= 0.3 is 0 Å². The Kier molecular flexibility index (Phi) is 5.53. The topological polar surface area (TPSA) is 77.3 Å². The molecule has 0 N–H and O–H groups in total. The first-order chi connectivity index (χ1) is 17.1. The molecule has 2 aliphatic heterocycles. The van der Waals surface area contributed by atoms with Crippen molar-refractivity contribution in [2.45, 2.75) is 24.2 Å². The van der Waals surface area contributed by atoms with Gasteiger partial charge in [0.1, 0.15) is 11.5 Å². The average molecular weight is 485 g/mol. The van der Waals surface area contributed by atoms with Gasteiger partial charge in [0.05, 0.1) is 29.8 Å². The highest BCUT2D eigenvalue weighted by Gasteiger charge is 2.24. The minimum atomic E-state index is 0.0149. The maximum Gasteiger partial charge on any atom is 0.253 e. The lowest BCUT2D eigenvalue weighted by molar-refractivity contribution is -0.116. The second kappa shape index (κ2) is 8.85. The van der Waals surface area contributed by atoms with Crippen molar-refractivity contribution in [3.8, 4) is 11.4 Å². The van der Waals surface area contributed by atoms with E-state index >= 15 is 0 Å². The summed E-state index contributed by atoms with van der Waals surface area (Å²) >= 11 is 1.56. The number of carbonyl (C=O) groups is 2. The molecule has 2 aromatic heterocycles. The molecule has 0 spiro atoms. The monoisotopic (exact) mass is 484 g/mol. The standard InChI is InChI=1S/C27H24N4O3S/c1-34-21-3-4-24-22(14-21)25(6-9-28-24)31-15-18-7-10-30(11-8-23(18)29-31)27(33)17-2-5-26-19(12-17)13-20(32)16-35-26/h2-6,9,12,14-15H,7-8,10-11,13,16H2,1H3. The highest BCUT2D eigenvalue weighted by molar-refractivity contribution is 8.00. The number of amides is 1. The molecule has 0 unspecified atom stereocenters. The Morgan fingerprint density at radius 1 is 1.06 bits per heavy atom. The summed E-state index contributed by atoms with van der Waals surface area (Å²) in [4.78, 5) is 32.6. The molecule has 0 radical (unpaired) electrons. The van der Waals surface area contributed by atoms with Crippen LogP contribution in [0.2, 0.25) is 0 Å². The van der Waals surface area contributed by atoms with Gasteiger partial charge in [0.15, 0.2) is 0 Å². The lowest BCUT2D eigenvalue weighted by Crippen LogP contribution is -2.33. The largest absolute Gasteiger partial charge is 0.497 e. The summed E-state index contributed by atoms with van der Waals surface area (Å²) < 4.78 is 7.33. The third-order valence-corrected chi connectivity index (χ3v) is 7.87. The Labute approximate surface area is 207 Å². The number of methoxy groups -OCH3 is 1. The van der Waals surface area contributed by atoms with Gasteiger partial charge in [-0.05, 0) is 60.0 Å². The van der Waals surface area contributed by atoms with Crippen LogP contribution in [0.4, 0.5) is 0 Å². The molecule has 0 aliphatic carbocycles. The molecule has 0 saturated heterocycles. The second-order valence-electron chi connectivity index (χ2n) is 8.88. The van der Waals surface area contributed by atoms with Gasteiger partial charge in [-0.3, -0.25) is 14.6 Å². The number of ketones is 1. The van der Waals surface area contributed by atoms with Crippen molar-refractivity contribution in [1.29, 1.82) is 0 Å². The smallest absolute Gasteiger partial charge is 0.253 e. The number of fused-ring (bicyclic) bond motifs is 3. The van der Waals surface area contributed by atoms with Crippen LogP contribution in [-0.2, 0) is 24.1 Å². The van der Waals surface area contributed by atoms with E-state index in [4.69, 9.17) is 9.84 Å². The molecular weight excluding hydrogens is 460 g/mol. The van der Waals surface area contributed by atoms with Gasteiger partial charge in [0.25, 0.3) is 5.91 Å². The van der Waals surface area contributed by atoms with Crippen LogP contribution in [-0.4, -0.2) is 57.3 Å². The van der Waals surface area contributed by atoms with Crippen molar-refractivity contribution in [3.63, 3.8) is 0 Å². The van der Waals surface area contributed by atoms with Crippen molar-refractivity contribution in [3.05, 3.63) is 77.2 Å². The molecule has 0 bridgehead atoms. The third-order valence-electron chi connectivity index (χ3n) is 6.69. The summed E-state index contributed by atoms with van der Waals surface area (Å²) in [6.07, 6.45) is 5.71. The number of Topliss-reactive ketones (excluding diaryl/α,β-unsaturated/α-hetero) is 1. The molecule has 1 amide bonds. The van der Waals surface area contributed by atoms with E-state index in [-0.39, 0.29) is 11.7 Å². The first kappa shape index (κ1) is 21.9. The number of hydrogen-bond acceptors (Lipinski definition) is 6. The van der Waals surface area contributed by atoms with Crippen molar-refractivity contribution in [2.24, 2.45) is 0 Å². The van der Waals surface area contributed by atoms with E-state index in [1.165, 1.54) is 0 Å². The second-order valence-corrected chi connectivity index (χ2v) is 9.89. The molecule has 4 heterocycles. The Balaban J connectivity index is 1.23. The van der Waals surface area contributed by atoms with Gasteiger partial charge in [-0.2, -0.15) is 5.10 Å². The fourth-order valence-corrected chi connectivity index (χ4v) is 5.73. The normalized spacial score (nSPS) is 15.5. The Hall–Kier alpha value is -3.65. The van der Waals surface area contributed by atoms with Gasteiger partial charge in [0.2, 0.25) is 0 Å². The van der Waals surface area contributed by atoms with Gasteiger partial charge < -0.3 is 9.64 Å². The van der Waals surface area contributed by atoms with Gasteiger partial charge in [-0.1, -0.05) is 0 Å². The minimum absolute atomic E-state index is 0.0149. The molecule has 176 valence electrons. The number of rotatable bonds is 3. The number of thioether (sulfide) groups is 1. The summed E-state index contributed by atoms with van der Waals surface area (Å²) in [5, 5.41) is 5.87. The van der Waals surface area contributed by atoms with E-state index in [9.17, 15) is 9.59 Å². The van der Waals surface area contributed by atoms with Crippen LogP contribution >= 0.6 is 11.8 Å². The van der Waals surface area contributed by atoms with Crippen LogP contribution in [0.25, 0.3) is 16.6 Å². The molecule has 35 heavy (non-hydrogen) atoms. The number of aromatic nitrogens is 3. The molecule has 8 heteroatoms. The van der Waals surface area contributed by atoms with E-state index in [0.29, 0.717) is 37.2 Å². The van der Waals surface area contributed by atoms with Gasteiger partial charge in [-0.25, -0.2) is 4.68 Å². The van der Waals surface area contributed by atoms with E-state index in [1.807, 2.05) is 52.0 Å². The summed E-state index contributed by atoms with van der Waals surface area (Å²) in [6.45, 7) is 1.24. The van der Waals surface area contributed by atoms with Gasteiger partial charge in [-0.15, -0.1) is 11.8 Å². The zero-order chi connectivity index (χ0) is 23.9. The minimum Gasteiger partial charge on any atom is -0.497 e. The first-order valence-corrected chi connectivity index (χ1v) is 12.6. The van der Waals surface area contributed by atoms with E-state index in [0.717, 1.165) is 50.5 Å². The van der Waals surface area contributed by atoms with Crippen LogP contribution in [0, 0.1) is 0 Å². The lowest BCUT2D eigenvalue weighted by Gasteiger charge is -2.22. The highest BCUT2D eigenvalue weighted by Crippen LogP contribution is 2.30. The Morgan fingerprint density at radius 3 is 2.83 bits per heavy atom. The number of nitrogens with zero attached hydrogens (tertiary/aromatic N) is 4. The van der Waals surface area contributed by atoms with Crippen LogP contribution in [0.3, 0.4) is 0 Å². The predicted molar refractivity (Wildman–Crippen MR) is 135 cm³/mol. The Bertz CT molecular complexity index is 1450. The van der Waals surface area contributed by atoms with Crippen LogP contribution < -0.4 is 4.74 Å². The summed E-state index contributed by atoms with van der Waals surface area (Å²) in [7, 11) is 1.66. The SMILES string of the molecule is COc1ccc2nccc(-n3cc4c(n3)CCN(C(=O)c3ccc5c(c3)CC(=O)CS5)CC4)c2c1. The zero-order valence-electron chi connectivity index (χ0n) is 19.4. The van der Waals surface area contributed by atoms with Crippen LogP contribution in [0.1, 0.15) is 27.2 Å². The summed E-state index contributed by atoms with van der Waals surface area (Å²) in [5.41, 5.74) is 5.63. The summed E-state index contributed by atoms with van der Waals surface area (Å²) in [6, 6.07) is 13.6. The fourth-order valence-electron chi connectivity index (χ4n) is 4.83. The van der Waals surface area contributed by atoms with Crippen molar-refractivity contribution in [2.75, 3.05) is 26.0 Å². The predicted octanol–water partition coefficient (Wildman–Crippen LogP) is 3.89. The summed E-state index contributed by atoms with van der Waals surface area (Å²) in [5.74, 6) is 1.52. The molecule has 0 atom stereocenters. The maximum atomic E-state index is 13.3. The molecule has 4 aromatic rings. The molecule has 2 aromatic carbocycles. The number of ether oxygens (including phenoxy) is 1. The maximum absolute atomic E-state index is 13.3. The van der Waals surface area contributed by atoms with E-state index < -0.39 is 0 Å². The fraction of sp³-hybridized carbons (Fsp3) is 0.259. The van der Waals surface area contributed by atoms with Crippen LogP contribution in [0.5, 0.6) is 5.75 Å². The molecule has 7 nitrogen and oxygen atoms in total. The molecule has 0 saturated carbocycles. The average Bonchev–Trinajstić information content (AvgIpc) is 3.19. The van der Waals surface area contributed by atoms with E-state index in [1.54, 1.807) is 25.1 Å².